The van der Waals surface area contributed by atoms with E-state index >= 15 is 0 Å². The molecule has 20 heavy (non-hydrogen) atoms. The van der Waals surface area contributed by atoms with Crippen LogP contribution in [0, 0.1) is 17.5 Å². The van der Waals surface area contributed by atoms with Crippen molar-refractivity contribution in [2.45, 2.75) is 13.0 Å². The molecular formula is C15H13BrF3N. The fourth-order valence-electron chi connectivity index (χ4n) is 1.87. The lowest BCUT2D eigenvalue weighted by atomic mass is 10.1. The van der Waals surface area contributed by atoms with E-state index in [0.717, 1.165) is 11.6 Å². The van der Waals surface area contributed by atoms with Gasteiger partial charge in [0.2, 0.25) is 0 Å². The van der Waals surface area contributed by atoms with Crippen molar-refractivity contribution >= 4 is 15.9 Å². The summed E-state index contributed by atoms with van der Waals surface area (Å²) in [4.78, 5) is 0. The van der Waals surface area contributed by atoms with Gasteiger partial charge in [-0.25, -0.2) is 13.2 Å². The maximum absolute atomic E-state index is 13.0. The van der Waals surface area contributed by atoms with Gasteiger partial charge in [-0.15, -0.1) is 0 Å². The SMILES string of the molecule is Fc1cc(F)cc(CCNCc2ccc(F)c(Br)c2)c1. The molecule has 5 heteroatoms. The standard InChI is InChI=1S/C15H13BrF3N/c16-14-7-11(1-2-15(14)19)9-20-4-3-10-5-12(17)8-13(18)6-10/h1-2,5-8,20H,3-4,9H2. The molecule has 0 spiro atoms. The van der Waals surface area contributed by atoms with Gasteiger partial charge in [0, 0.05) is 12.6 Å². The molecule has 1 nitrogen and oxygen atoms in total. The van der Waals surface area contributed by atoms with E-state index in [1.807, 2.05) is 0 Å². The van der Waals surface area contributed by atoms with Crippen LogP contribution in [0.1, 0.15) is 11.1 Å². The van der Waals surface area contributed by atoms with Crippen LogP contribution < -0.4 is 5.32 Å². The van der Waals surface area contributed by atoms with Gasteiger partial charge in [-0.05, 0) is 64.3 Å². The molecule has 2 aromatic rings. The first kappa shape index (κ1) is 15.1. The Bertz CT molecular complexity index is 581. The Morgan fingerprint density at radius 2 is 1.60 bits per heavy atom. The zero-order valence-corrected chi connectivity index (χ0v) is 12.2. The molecule has 0 saturated heterocycles. The Morgan fingerprint density at radius 3 is 2.25 bits per heavy atom. The van der Waals surface area contributed by atoms with Gasteiger partial charge in [0.25, 0.3) is 0 Å². The zero-order chi connectivity index (χ0) is 14.5. The van der Waals surface area contributed by atoms with E-state index in [0.29, 0.717) is 29.5 Å². The van der Waals surface area contributed by atoms with Gasteiger partial charge in [-0.3, -0.25) is 0 Å². The molecule has 0 aliphatic carbocycles. The lowest BCUT2D eigenvalue weighted by Crippen LogP contribution is -2.16. The van der Waals surface area contributed by atoms with Crippen LogP contribution in [0.3, 0.4) is 0 Å². The van der Waals surface area contributed by atoms with E-state index in [1.165, 1.54) is 18.2 Å². The maximum atomic E-state index is 13.0. The van der Waals surface area contributed by atoms with Crippen molar-refractivity contribution in [2.24, 2.45) is 0 Å². The molecule has 0 heterocycles. The van der Waals surface area contributed by atoms with Crippen molar-refractivity contribution in [1.82, 2.24) is 5.32 Å². The summed E-state index contributed by atoms with van der Waals surface area (Å²) in [7, 11) is 0. The first-order chi connectivity index (χ1) is 9.54. The second kappa shape index (κ2) is 6.90. The van der Waals surface area contributed by atoms with Crippen LogP contribution in [-0.2, 0) is 13.0 Å². The number of halogens is 4. The van der Waals surface area contributed by atoms with Crippen molar-refractivity contribution in [3.8, 4) is 0 Å². The van der Waals surface area contributed by atoms with Crippen LogP contribution in [0.5, 0.6) is 0 Å². The third-order valence-corrected chi connectivity index (χ3v) is 3.43. The highest BCUT2D eigenvalue weighted by atomic mass is 79.9. The van der Waals surface area contributed by atoms with Crippen LogP contribution in [-0.4, -0.2) is 6.54 Å². The van der Waals surface area contributed by atoms with Gasteiger partial charge in [-0.1, -0.05) is 6.07 Å². The van der Waals surface area contributed by atoms with Crippen LogP contribution in [0.15, 0.2) is 40.9 Å². The molecule has 0 radical (unpaired) electrons. The minimum Gasteiger partial charge on any atom is -0.312 e. The first-order valence-electron chi connectivity index (χ1n) is 6.14. The van der Waals surface area contributed by atoms with Gasteiger partial charge >= 0.3 is 0 Å². The highest BCUT2D eigenvalue weighted by Crippen LogP contribution is 2.16. The molecule has 0 bridgehead atoms. The van der Waals surface area contributed by atoms with Gasteiger partial charge in [-0.2, -0.15) is 0 Å². The van der Waals surface area contributed by atoms with E-state index in [2.05, 4.69) is 21.2 Å². The topological polar surface area (TPSA) is 12.0 Å². The molecule has 0 amide bonds. The van der Waals surface area contributed by atoms with Crippen LogP contribution in [0.2, 0.25) is 0 Å². The Hall–Kier alpha value is -1.33. The molecule has 106 valence electrons. The Kier molecular flexibility index (Phi) is 5.20. The molecule has 0 aromatic heterocycles. The lowest BCUT2D eigenvalue weighted by molar-refractivity contribution is 0.577. The van der Waals surface area contributed by atoms with Gasteiger partial charge in [0.15, 0.2) is 0 Å². The molecule has 0 atom stereocenters. The summed E-state index contributed by atoms with van der Waals surface area (Å²) in [6, 6.07) is 8.27. The van der Waals surface area contributed by atoms with Crippen LogP contribution in [0.25, 0.3) is 0 Å². The summed E-state index contributed by atoms with van der Waals surface area (Å²) in [6.45, 7) is 1.15. The molecule has 2 aromatic carbocycles. The Morgan fingerprint density at radius 1 is 0.900 bits per heavy atom. The third-order valence-electron chi connectivity index (χ3n) is 2.83. The summed E-state index contributed by atoms with van der Waals surface area (Å²) in [5.41, 5.74) is 1.54. The van der Waals surface area contributed by atoms with Crippen molar-refractivity contribution < 1.29 is 13.2 Å². The summed E-state index contributed by atoms with van der Waals surface area (Å²) in [5.74, 6) is -1.44. The first-order valence-corrected chi connectivity index (χ1v) is 6.93. The zero-order valence-electron chi connectivity index (χ0n) is 10.6. The van der Waals surface area contributed by atoms with Crippen molar-refractivity contribution in [3.05, 3.63) is 69.4 Å². The van der Waals surface area contributed by atoms with E-state index in [4.69, 9.17) is 0 Å². The molecule has 0 aliphatic rings. The second-order valence-electron chi connectivity index (χ2n) is 4.45. The molecule has 0 fully saturated rings. The maximum Gasteiger partial charge on any atom is 0.137 e. The summed E-state index contributed by atoms with van der Waals surface area (Å²) in [5, 5.41) is 3.15. The molecule has 0 aliphatic heterocycles. The van der Waals surface area contributed by atoms with E-state index in [1.54, 1.807) is 12.1 Å². The van der Waals surface area contributed by atoms with Crippen molar-refractivity contribution in [2.75, 3.05) is 6.54 Å². The average Bonchev–Trinajstić information content (AvgIpc) is 2.38. The smallest absolute Gasteiger partial charge is 0.137 e. The summed E-state index contributed by atoms with van der Waals surface area (Å²) >= 11 is 3.12. The fraction of sp³-hybridized carbons (Fsp3) is 0.200. The minimum absolute atomic E-state index is 0.302. The van der Waals surface area contributed by atoms with Gasteiger partial charge in [0.1, 0.15) is 17.5 Å². The molecular weight excluding hydrogens is 331 g/mol. The molecule has 0 saturated carbocycles. The number of rotatable bonds is 5. The van der Waals surface area contributed by atoms with E-state index in [-0.39, 0.29) is 5.82 Å². The number of benzene rings is 2. The summed E-state index contributed by atoms with van der Waals surface area (Å²) < 4.78 is 39.4. The highest BCUT2D eigenvalue weighted by molar-refractivity contribution is 9.10. The number of nitrogens with one attached hydrogen (secondary N) is 1. The molecule has 0 unspecified atom stereocenters. The normalized spacial score (nSPS) is 10.8. The Labute approximate surface area is 123 Å². The minimum atomic E-state index is -0.567. The quantitative estimate of drug-likeness (QED) is 0.802. The Balaban J connectivity index is 1.82. The lowest BCUT2D eigenvalue weighted by Gasteiger charge is -2.06. The van der Waals surface area contributed by atoms with Gasteiger partial charge < -0.3 is 5.32 Å². The van der Waals surface area contributed by atoms with Crippen LogP contribution >= 0.6 is 15.9 Å². The molecule has 2 rings (SSSR count). The summed E-state index contributed by atoms with van der Waals surface area (Å²) in [6.07, 6.45) is 0.525. The fourth-order valence-corrected chi connectivity index (χ4v) is 2.30. The predicted molar refractivity (Wildman–Crippen MR) is 75.9 cm³/mol. The van der Waals surface area contributed by atoms with Crippen LogP contribution in [0.4, 0.5) is 13.2 Å². The average molecular weight is 344 g/mol. The number of hydrogen-bond acceptors (Lipinski definition) is 1. The molecule has 1 N–H and O–H groups in total. The second-order valence-corrected chi connectivity index (χ2v) is 5.31. The third kappa shape index (κ3) is 4.35. The monoisotopic (exact) mass is 343 g/mol. The van der Waals surface area contributed by atoms with Crippen molar-refractivity contribution in [1.29, 1.82) is 0 Å². The number of hydrogen-bond donors (Lipinski definition) is 1. The highest BCUT2D eigenvalue weighted by Gasteiger charge is 2.02. The van der Waals surface area contributed by atoms with Gasteiger partial charge in [0.05, 0.1) is 4.47 Å². The van der Waals surface area contributed by atoms with E-state index < -0.39 is 11.6 Å². The van der Waals surface area contributed by atoms with Crippen molar-refractivity contribution in [3.63, 3.8) is 0 Å². The van der Waals surface area contributed by atoms with E-state index in [9.17, 15) is 13.2 Å². The largest absolute Gasteiger partial charge is 0.312 e. The predicted octanol–water partition coefficient (Wildman–Crippen LogP) is 4.20.